The van der Waals surface area contributed by atoms with Crippen LogP contribution in [0.15, 0.2) is 34.9 Å². The van der Waals surface area contributed by atoms with Crippen molar-refractivity contribution in [1.29, 1.82) is 0 Å². The molecule has 1 aromatic carbocycles. The summed E-state index contributed by atoms with van der Waals surface area (Å²) in [5.41, 5.74) is 6.42. The van der Waals surface area contributed by atoms with E-state index in [4.69, 9.17) is 10.2 Å². The number of hydrogen-bond acceptors (Lipinski definition) is 5. The highest BCUT2D eigenvalue weighted by molar-refractivity contribution is 5.87. The maximum atomic E-state index is 13.2. The minimum atomic E-state index is -4.86. The average molecular weight is 381 g/mol. The Bertz CT molecular complexity index is 975. The fourth-order valence-electron chi connectivity index (χ4n) is 2.93. The molecule has 0 amide bonds. The lowest BCUT2D eigenvalue weighted by molar-refractivity contribution is -0.141. The molecule has 3 rings (SSSR count). The first-order valence-corrected chi connectivity index (χ1v) is 8.26. The molecule has 0 saturated heterocycles. The third kappa shape index (κ3) is 3.68. The highest BCUT2D eigenvalue weighted by atomic mass is 19.4. The SMILES string of the molecule is CCOC(=O)c1oc([C@H](N)Cc2cn(C)c3ccccc23)nc1C(F)(F)F. The van der Waals surface area contributed by atoms with E-state index < -0.39 is 29.6 Å². The standard InChI is InChI=1S/C18H18F3N3O3/c1-3-26-17(25)14-15(18(19,20)21)23-16(27-14)12(22)8-10-9-24(2)13-7-5-4-6-11(10)13/h4-7,9,12H,3,8,22H2,1-2H3/t12-/m1/s1. The lowest BCUT2D eigenvalue weighted by Gasteiger charge is -2.06. The van der Waals surface area contributed by atoms with Crippen molar-refractivity contribution < 1.29 is 27.1 Å². The van der Waals surface area contributed by atoms with Gasteiger partial charge >= 0.3 is 12.1 Å². The molecule has 0 fully saturated rings. The highest BCUT2D eigenvalue weighted by Crippen LogP contribution is 2.34. The second-order valence-electron chi connectivity index (χ2n) is 6.04. The number of alkyl halides is 3. The normalized spacial score (nSPS) is 13.1. The summed E-state index contributed by atoms with van der Waals surface area (Å²) in [5.74, 6) is -2.56. The third-order valence-corrected chi connectivity index (χ3v) is 4.11. The van der Waals surface area contributed by atoms with Crippen molar-refractivity contribution >= 4 is 16.9 Å². The Morgan fingerprint density at radius 2 is 2.07 bits per heavy atom. The van der Waals surface area contributed by atoms with Gasteiger partial charge in [0.2, 0.25) is 11.7 Å². The van der Waals surface area contributed by atoms with Crippen LogP contribution in [0.1, 0.15) is 40.7 Å². The summed E-state index contributed by atoms with van der Waals surface area (Å²) >= 11 is 0. The van der Waals surface area contributed by atoms with Crippen LogP contribution in [0.5, 0.6) is 0 Å². The highest BCUT2D eigenvalue weighted by Gasteiger charge is 2.42. The van der Waals surface area contributed by atoms with Gasteiger partial charge in [0.25, 0.3) is 0 Å². The number of fused-ring (bicyclic) bond motifs is 1. The van der Waals surface area contributed by atoms with Crippen LogP contribution in [0.3, 0.4) is 0 Å². The van der Waals surface area contributed by atoms with E-state index >= 15 is 0 Å². The largest absolute Gasteiger partial charge is 0.460 e. The number of rotatable bonds is 5. The third-order valence-electron chi connectivity index (χ3n) is 4.11. The second-order valence-corrected chi connectivity index (χ2v) is 6.04. The number of benzene rings is 1. The summed E-state index contributed by atoms with van der Waals surface area (Å²) in [5, 5.41) is 0.934. The van der Waals surface area contributed by atoms with Crippen molar-refractivity contribution in [2.24, 2.45) is 12.8 Å². The zero-order valence-corrected chi connectivity index (χ0v) is 14.7. The number of halogens is 3. The minimum Gasteiger partial charge on any atom is -0.460 e. The fraction of sp³-hybridized carbons (Fsp3) is 0.333. The van der Waals surface area contributed by atoms with Crippen LogP contribution in [0.4, 0.5) is 13.2 Å². The number of oxazole rings is 1. The van der Waals surface area contributed by atoms with E-state index in [0.717, 1.165) is 16.5 Å². The number of carbonyl (C=O) groups is 1. The van der Waals surface area contributed by atoms with E-state index in [0.29, 0.717) is 0 Å². The van der Waals surface area contributed by atoms with Gasteiger partial charge in [-0.05, 0) is 25.0 Å². The van der Waals surface area contributed by atoms with Crippen LogP contribution >= 0.6 is 0 Å². The monoisotopic (exact) mass is 381 g/mol. The molecule has 2 aromatic heterocycles. The predicted molar refractivity (Wildman–Crippen MR) is 91.0 cm³/mol. The Hall–Kier alpha value is -2.81. The summed E-state index contributed by atoms with van der Waals surface area (Å²) < 4.78 is 51.2. The predicted octanol–water partition coefficient (Wildman–Crippen LogP) is 3.60. The molecular weight excluding hydrogens is 363 g/mol. The first kappa shape index (κ1) is 19.0. The van der Waals surface area contributed by atoms with Crippen molar-refractivity contribution in [3.8, 4) is 0 Å². The van der Waals surface area contributed by atoms with Gasteiger partial charge in [0.15, 0.2) is 5.69 Å². The van der Waals surface area contributed by atoms with E-state index in [1.165, 1.54) is 6.92 Å². The quantitative estimate of drug-likeness (QED) is 0.683. The van der Waals surface area contributed by atoms with E-state index in [1.807, 2.05) is 42.1 Å². The van der Waals surface area contributed by atoms with Gasteiger partial charge in [0.05, 0.1) is 12.6 Å². The van der Waals surface area contributed by atoms with E-state index in [9.17, 15) is 18.0 Å². The van der Waals surface area contributed by atoms with E-state index in [1.54, 1.807) is 0 Å². The molecule has 0 unspecified atom stereocenters. The van der Waals surface area contributed by atoms with Crippen LogP contribution in [0, 0.1) is 0 Å². The molecule has 9 heteroatoms. The Balaban J connectivity index is 1.94. The molecule has 2 N–H and O–H groups in total. The number of ether oxygens (including phenoxy) is 1. The number of esters is 1. The Kier molecular flexibility index (Phi) is 4.97. The molecular formula is C18H18F3N3O3. The van der Waals surface area contributed by atoms with Crippen LogP contribution in [0.25, 0.3) is 10.9 Å². The molecule has 0 radical (unpaired) electrons. The van der Waals surface area contributed by atoms with Crippen molar-refractivity contribution in [3.63, 3.8) is 0 Å². The number of nitrogens with two attached hydrogens (primary N) is 1. The first-order chi connectivity index (χ1) is 12.7. The molecule has 0 aliphatic rings. The van der Waals surface area contributed by atoms with E-state index in [-0.39, 0.29) is 18.9 Å². The van der Waals surface area contributed by atoms with Gasteiger partial charge in [-0.3, -0.25) is 0 Å². The number of para-hydroxylation sites is 1. The molecule has 0 saturated carbocycles. The smallest absolute Gasteiger partial charge is 0.437 e. The summed E-state index contributed by atoms with van der Waals surface area (Å²) in [6.45, 7) is 1.39. The van der Waals surface area contributed by atoms with Crippen LogP contribution in [-0.2, 0) is 24.4 Å². The topological polar surface area (TPSA) is 83.3 Å². The van der Waals surface area contributed by atoms with Gasteiger partial charge in [0.1, 0.15) is 0 Å². The van der Waals surface area contributed by atoms with Gasteiger partial charge < -0.3 is 19.5 Å². The minimum absolute atomic E-state index is 0.0891. The summed E-state index contributed by atoms with van der Waals surface area (Å²) in [6.07, 6.45) is -2.81. The molecule has 0 aliphatic heterocycles. The number of aromatic nitrogens is 2. The molecule has 0 spiro atoms. The molecule has 27 heavy (non-hydrogen) atoms. The average Bonchev–Trinajstić information content (AvgIpc) is 3.18. The zero-order valence-electron chi connectivity index (χ0n) is 14.7. The van der Waals surface area contributed by atoms with Crippen LogP contribution in [-0.4, -0.2) is 22.1 Å². The van der Waals surface area contributed by atoms with Crippen molar-refractivity contribution in [1.82, 2.24) is 9.55 Å². The molecule has 144 valence electrons. The van der Waals surface area contributed by atoms with Gasteiger partial charge in [-0.15, -0.1) is 0 Å². The van der Waals surface area contributed by atoms with E-state index in [2.05, 4.69) is 9.72 Å². The maximum absolute atomic E-state index is 13.2. The van der Waals surface area contributed by atoms with Crippen molar-refractivity contribution in [2.75, 3.05) is 6.61 Å². The maximum Gasteiger partial charge on any atom is 0.437 e. The van der Waals surface area contributed by atoms with Crippen molar-refractivity contribution in [2.45, 2.75) is 25.6 Å². The first-order valence-electron chi connectivity index (χ1n) is 8.26. The van der Waals surface area contributed by atoms with Gasteiger partial charge in [-0.1, -0.05) is 18.2 Å². The molecule has 6 nitrogen and oxygen atoms in total. The van der Waals surface area contributed by atoms with Gasteiger partial charge in [-0.2, -0.15) is 13.2 Å². The number of nitrogens with zero attached hydrogens (tertiary/aromatic N) is 2. The van der Waals surface area contributed by atoms with Gasteiger partial charge in [0, 0.05) is 24.1 Å². The van der Waals surface area contributed by atoms with Crippen LogP contribution < -0.4 is 5.73 Å². The van der Waals surface area contributed by atoms with Gasteiger partial charge in [-0.25, -0.2) is 9.78 Å². The summed E-state index contributed by atoms with van der Waals surface area (Å²) in [7, 11) is 1.86. The Labute approximate surface area is 152 Å². The molecule has 3 aromatic rings. The number of carbonyl (C=O) groups excluding carboxylic acids is 1. The van der Waals surface area contributed by atoms with Crippen LogP contribution in [0.2, 0.25) is 0 Å². The zero-order chi connectivity index (χ0) is 19.8. The molecule has 0 aliphatic carbocycles. The lowest BCUT2D eigenvalue weighted by Crippen LogP contribution is -2.15. The number of hydrogen-bond donors (Lipinski definition) is 1. The summed E-state index contributed by atoms with van der Waals surface area (Å²) in [4.78, 5) is 15.2. The van der Waals surface area contributed by atoms with Crippen molar-refractivity contribution in [3.05, 3.63) is 53.4 Å². The number of aryl methyl sites for hydroxylation is 1. The fourth-order valence-corrected chi connectivity index (χ4v) is 2.93. The Morgan fingerprint density at radius 3 is 2.74 bits per heavy atom. The molecule has 2 heterocycles. The Morgan fingerprint density at radius 1 is 1.37 bits per heavy atom. The molecule has 1 atom stereocenters. The summed E-state index contributed by atoms with van der Waals surface area (Å²) in [6, 6.07) is 6.62. The lowest BCUT2D eigenvalue weighted by atomic mass is 10.1. The molecule has 0 bridgehead atoms. The second kappa shape index (κ2) is 7.07.